The van der Waals surface area contributed by atoms with Crippen molar-refractivity contribution in [3.05, 3.63) is 34.4 Å². The van der Waals surface area contributed by atoms with Crippen molar-refractivity contribution < 1.29 is 23.5 Å². The lowest BCUT2D eigenvalue weighted by Gasteiger charge is -2.37. The number of nitro benzene ring substituents is 1. The first-order valence-electron chi connectivity index (χ1n) is 9.95. The van der Waals surface area contributed by atoms with Crippen LogP contribution in [0.5, 0.6) is 5.75 Å². The van der Waals surface area contributed by atoms with Crippen LogP contribution in [-0.4, -0.2) is 27.1 Å². The van der Waals surface area contributed by atoms with Crippen LogP contribution in [-0.2, 0) is 9.19 Å². The van der Waals surface area contributed by atoms with Crippen LogP contribution in [0, 0.1) is 10.1 Å². The first-order valence-corrected chi connectivity index (χ1v) is 11.4. The standard InChI is InChI=1S/C18H28N3O6P/c22-21(23)17-11-13-18(14-12-17)26-28(24,25)27-20(16-9-5-2-6-10-16)19-15-7-3-1-4-8-15/h11-16,19H,1-10H2,(H,24,25). The van der Waals surface area contributed by atoms with E-state index in [4.69, 9.17) is 9.15 Å². The van der Waals surface area contributed by atoms with Crippen molar-refractivity contribution >= 4 is 13.5 Å². The third-order valence-corrected chi connectivity index (χ3v) is 6.10. The van der Waals surface area contributed by atoms with Crippen LogP contribution in [0.3, 0.4) is 0 Å². The molecule has 0 heterocycles. The summed E-state index contributed by atoms with van der Waals surface area (Å²) < 4.78 is 23.2. The summed E-state index contributed by atoms with van der Waals surface area (Å²) in [7, 11) is -4.45. The number of nitrogens with one attached hydrogen (secondary N) is 1. The number of hydrazine groups is 1. The highest BCUT2D eigenvalue weighted by Gasteiger charge is 2.34. The molecule has 0 bridgehead atoms. The van der Waals surface area contributed by atoms with Gasteiger partial charge in [-0.05, 0) is 37.8 Å². The minimum atomic E-state index is -4.45. The zero-order chi connectivity index (χ0) is 20.0. The molecule has 2 aliphatic carbocycles. The Morgan fingerprint density at radius 1 is 1.04 bits per heavy atom. The van der Waals surface area contributed by atoms with E-state index in [1.54, 1.807) is 0 Å². The quantitative estimate of drug-likeness (QED) is 0.364. The summed E-state index contributed by atoms with van der Waals surface area (Å²) >= 11 is 0. The van der Waals surface area contributed by atoms with E-state index in [-0.39, 0.29) is 23.5 Å². The molecule has 1 atom stereocenters. The zero-order valence-corrected chi connectivity index (χ0v) is 16.8. The summed E-state index contributed by atoms with van der Waals surface area (Å²) in [5.74, 6) is 0.0395. The van der Waals surface area contributed by atoms with Crippen molar-refractivity contribution in [2.45, 2.75) is 76.3 Å². The van der Waals surface area contributed by atoms with Crippen LogP contribution in [0.15, 0.2) is 24.3 Å². The Bertz CT molecular complexity index is 689. The number of rotatable bonds is 8. The van der Waals surface area contributed by atoms with E-state index in [0.29, 0.717) is 0 Å². The predicted molar refractivity (Wildman–Crippen MR) is 103 cm³/mol. The van der Waals surface area contributed by atoms with Crippen molar-refractivity contribution in [3.63, 3.8) is 0 Å². The van der Waals surface area contributed by atoms with E-state index >= 15 is 0 Å². The van der Waals surface area contributed by atoms with Gasteiger partial charge < -0.3 is 4.52 Å². The molecule has 0 radical (unpaired) electrons. The van der Waals surface area contributed by atoms with Gasteiger partial charge in [-0.15, -0.1) is 5.17 Å². The van der Waals surface area contributed by atoms with E-state index in [0.717, 1.165) is 57.8 Å². The van der Waals surface area contributed by atoms with Crippen LogP contribution in [0.25, 0.3) is 0 Å². The number of phosphoric acid groups is 1. The van der Waals surface area contributed by atoms with Crippen LogP contribution in [0.4, 0.5) is 5.69 Å². The van der Waals surface area contributed by atoms with Gasteiger partial charge in [-0.3, -0.25) is 15.0 Å². The molecule has 156 valence electrons. The lowest BCUT2D eigenvalue weighted by Crippen LogP contribution is -2.50. The SMILES string of the molecule is O=[N+]([O-])c1ccc(OP(=O)(O)ON(NC2CCCCC2)C2CCCCC2)cc1. The highest BCUT2D eigenvalue weighted by Crippen LogP contribution is 2.46. The lowest BCUT2D eigenvalue weighted by atomic mass is 9.95. The number of benzene rings is 1. The highest BCUT2D eigenvalue weighted by atomic mass is 31.2. The Morgan fingerprint density at radius 3 is 2.18 bits per heavy atom. The van der Waals surface area contributed by atoms with Crippen LogP contribution in [0.2, 0.25) is 0 Å². The Kier molecular flexibility index (Phi) is 7.42. The monoisotopic (exact) mass is 413 g/mol. The van der Waals surface area contributed by atoms with Gasteiger partial charge in [-0.1, -0.05) is 38.5 Å². The fourth-order valence-electron chi connectivity index (χ4n) is 3.81. The molecule has 0 amide bonds. The van der Waals surface area contributed by atoms with Gasteiger partial charge in [0.25, 0.3) is 5.69 Å². The average molecular weight is 413 g/mol. The van der Waals surface area contributed by atoms with Crippen LogP contribution < -0.4 is 9.95 Å². The molecular weight excluding hydrogens is 385 g/mol. The lowest BCUT2D eigenvalue weighted by molar-refractivity contribution is -0.384. The number of hydroxylamine groups is 1. The molecule has 0 saturated heterocycles. The first kappa shape index (κ1) is 21.2. The molecule has 1 unspecified atom stereocenters. The Balaban J connectivity index is 1.66. The molecule has 0 spiro atoms. The van der Waals surface area contributed by atoms with Crippen LogP contribution >= 0.6 is 7.82 Å². The van der Waals surface area contributed by atoms with Crippen molar-refractivity contribution in [2.24, 2.45) is 0 Å². The summed E-state index contributed by atoms with van der Waals surface area (Å²) in [4.78, 5) is 20.5. The minimum absolute atomic E-state index is 0.0108. The number of non-ortho nitro benzene ring substituents is 1. The third kappa shape index (κ3) is 6.25. The summed E-state index contributed by atoms with van der Waals surface area (Å²) in [6.07, 6.45) is 10.5. The maximum atomic E-state index is 12.6. The Labute approximate surface area is 164 Å². The molecule has 2 N–H and O–H groups in total. The number of phosphoric ester groups is 1. The van der Waals surface area contributed by atoms with Gasteiger partial charge >= 0.3 is 7.82 Å². The fourth-order valence-corrected chi connectivity index (χ4v) is 4.64. The van der Waals surface area contributed by atoms with E-state index in [1.165, 1.54) is 35.9 Å². The molecule has 10 heteroatoms. The maximum absolute atomic E-state index is 12.6. The third-order valence-electron chi connectivity index (χ3n) is 5.28. The van der Waals surface area contributed by atoms with Crippen molar-refractivity contribution in [2.75, 3.05) is 0 Å². The molecule has 2 saturated carbocycles. The molecule has 1 aromatic carbocycles. The van der Waals surface area contributed by atoms with E-state index in [9.17, 15) is 19.6 Å². The van der Waals surface area contributed by atoms with Gasteiger partial charge in [0.15, 0.2) is 0 Å². The second kappa shape index (κ2) is 9.80. The van der Waals surface area contributed by atoms with E-state index < -0.39 is 12.7 Å². The van der Waals surface area contributed by atoms with Gasteiger partial charge in [0, 0.05) is 18.2 Å². The number of nitro groups is 1. The molecule has 3 rings (SSSR count). The summed E-state index contributed by atoms with van der Waals surface area (Å²) in [6, 6.07) is 5.23. The van der Waals surface area contributed by atoms with Crippen LogP contribution in [0.1, 0.15) is 64.2 Å². The van der Waals surface area contributed by atoms with E-state index in [1.807, 2.05) is 0 Å². The molecule has 0 aromatic heterocycles. The van der Waals surface area contributed by atoms with Gasteiger partial charge in [0.1, 0.15) is 5.75 Å². The van der Waals surface area contributed by atoms with Crippen molar-refractivity contribution in [3.8, 4) is 5.75 Å². The number of hydrogen-bond donors (Lipinski definition) is 2. The van der Waals surface area contributed by atoms with Crippen molar-refractivity contribution in [1.82, 2.24) is 10.6 Å². The number of nitrogens with zero attached hydrogens (tertiary/aromatic N) is 2. The molecular formula is C18H28N3O6P. The Morgan fingerprint density at radius 2 is 1.61 bits per heavy atom. The maximum Gasteiger partial charge on any atom is 0.545 e. The van der Waals surface area contributed by atoms with Gasteiger partial charge in [0.05, 0.1) is 11.0 Å². The zero-order valence-electron chi connectivity index (χ0n) is 15.9. The van der Waals surface area contributed by atoms with Gasteiger partial charge in [-0.25, -0.2) is 9.99 Å². The highest BCUT2D eigenvalue weighted by molar-refractivity contribution is 7.47. The fraction of sp³-hybridized carbons (Fsp3) is 0.667. The smallest absolute Gasteiger partial charge is 0.403 e. The average Bonchev–Trinajstić information content (AvgIpc) is 2.69. The normalized spacial score (nSPS) is 21.4. The summed E-state index contributed by atoms with van der Waals surface area (Å²) in [5, 5.41) is 12.2. The summed E-state index contributed by atoms with van der Waals surface area (Å²) in [5.41, 5.74) is 3.18. The molecule has 28 heavy (non-hydrogen) atoms. The Hall–Kier alpha value is -1.51. The second-order valence-electron chi connectivity index (χ2n) is 7.47. The van der Waals surface area contributed by atoms with Crippen molar-refractivity contribution in [1.29, 1.82) is 0 Å². The van der Waals surface area contributed by atoms with Gasteiger partial charge in [0.2, 0.25) is 0 Å². The van der Waals surface area contributed by atoms with E-state index in [2.05, 4.69) is 5.43 Å². The second-order valence-corrected chi connectivity index (χ2v) is 8.76. The minimum Gasteiger partial charge on any atom is -0.403 e. The topological polar surface area (TPSA) is 114 Å². The predicted octanol–water partition coefficient (Wildman–Crippen LogP) is 4.48. The van der Waals surface area contributed by atoms with Gasteiger partial charge in [-0.2, -0.15) is 4.62 Å². The molecule has 9 nitrogen and oxygen atoms in total. The molecule has 1 aromatic rings. The molecule has 2 aliphatic rings. The molecule has 0 aliphatic heterocycles. The number of hydrogen-bond acceptors (Lipinski definition) is 7. The molecule has 2 fully saturated rings. The first-order chi connectivity index (χ1) is 13.4. The largest absolute Gasteiger partial charge is 0.545 e. The summed E-state index contributed by atoms with van der Waals surface area (Å²) in [6.45, 7) is 0.